The molecule has 0 fully saturated rings. The first-order valence-electron chi connectivity index (χ1n) is 8.88. The van der Waals surface area contributed by atoms with Gasteiger partial charge in [-0.3, -0.25) is 0 Å². The lowest BCUT2D eigenvalue weighted by Gasteiger charge is -2.11. The largest absolute Gasteiger partial charge is 0.494 e. The van der Waals surface area contributed by atoms with Gasteiger partial charge in [-0.1, -0.05) is 79.0 Å². The van der Waals surface area contributed by atoms with E-state index in [1.54, 1.807) is 6.07 Å². The Morgan fingerprint density at radius 3 is 2.08 bits per heavy atom. The fraction of sp³-hybridized carbons (Fsp3) is 0.217. The molecule has 3 rings (SSSR count). The zero-order valence-electron chi connectivity index (χ0n) is 15.1. The second kappa shape index (κ2) is 8.37. The van der Waals surface area contributed by atoms with Crippen LogP contribution in [0.1, 0.15) is 25.3 Å². The van der Waals surface area contributed by atoms with E-state index >= 15 is 0 Å². The minimum Gasteiger partial charge on any atom is -0.494 e. The van der Waals surface area contributed by atoms with Crippen molar-refractivity contribution in [3.05, 3.63) is 77.1 Å². The summed E-state index contributed by atoms with van der Waals surface area (Å²) in [5.41, 5.74) is 4.04. The highest BCUT2D eigenvalue weighted by molar-refractivity contribution is 6.33. The van der Waals surface area contributed by atoms with Crippen LogP contribution in [0.25, 0.3) is 22.3 Å². The molecule has 0 aromatic heterocycles. The molecule has 0 unspecified atom stereocenters. The van der Waals surface area contributed by atoms with Gasteiger partial charge in [-0.25, -0.2) is 4.39 Å². The van der Waals surface area contributed by atoms with Gasteiger partial charge in [-0.2, -0.15) is 0 Å². The minimum atomic E-state index is -0.399. The number of hydrogen-bond donors (Lipinski definition) is 0. The summed E-state index contributed by atoms with van der Waals surface area (Å²) in [7, 11) is 0. The minimum absolute atomic E-state index is 0.148. The Morgan fingerprint density at radius 2 is 1.42 bits per heavy atom. The number of halogens is 2. The summed E-state index contributed by atoms with van der Waals surface area (Å²) in [6, 6.07) is 19.0. The molecule has 0 saturated carbocycles. The molecule has 26 heavy (non-hydrogen) atoms. The zero-order valence-corrected chi connectivity index (χ0v) is 15.8. The standard InChI is InChI=1S/C23H22ClFO/c1-3-4-15-26-19-11-9-18(10-12-19)21-14-13-20(22(24)23(21)25)17-7-5-16(2)6-8-17/h5-14H,3-4,15H2,1-2H3. The molecule has 0 heterocycles. The van der Waals surface area contributed by atoms with E-state index in [-0.39, 0.29) is 5.02 Å². The molecule has 0 radical (unpaired) electrons. The third kappa shape index (κ3) is 4.08. The fourth-order valence-electron chi connectivity index (χ4n) is 2.79. The maximum atomic E-state index is 14.9. The average molecular weight is 369 g/mol. The van der Waals surface area contributed by atoms with Crippen LogP contribution in [0.4, 0.5) is 4.39 Å². The van der Waals surface area contributed by atoms with Crippen LogP contribution in [-0.4, -0.2) is 6.61 Å². The third-order valence-electron chi connectivity index (χ3n) is 4.38. The predicted octanol–water partition coefficient (Wildman–Crippen LogP) is 7.30. The topological polar surface area (TPSA) is 9.23 Å². The van der Waals surface area contributed by atoms with E-state index in [1.165, 1.54) is 0 Å². The summed E-state index contributed by atoms with van der Waals surface area (Å²) in [4.78, 5) is 0. The monoisotopic (exact) mass is 368 g/mol. The molecule has 0 amide bonds. The maximum Gasteiger partial charge on any atom is 0.150 e. The summed E-state index contributed by atoms with van der Waals surface area (Å²) < 4.78 is 20.6. The van der Waals surface area contributed by atoms with Gasteiger partial charge in [0.15, 0.2) is 0 Å². The Balaban J connectivity index is 1.87. The SMILES string of the molecule is CCCCOc1ccc(-c2ccc(-c3ccc(C)cc3)c(Cl)c2F)cc1. The van der Waals surface area contributed by atoms with Crippen molar-refractivity contribution >= 4 is 11.6 Å². The molecule has 0 aliphatic heterocycles. The van der Waals surface area contributed by atoms with E-state index < -0.39 is 5.82 Å². The summed E-state index contributed by atoms with van der Waals surface area (Å²) in [6.45, 7) is 4.84. The van der Waals surface area contributed by atoms with Gasteiger partial charge in [0.1, 0.15) is 11.6 Å². The van der Waals surface area contributed by atoms with Crippen molar-refractivity contribution in [1.82, 2.24) is 0 Å². The third-order valence-corrected chi connectivity index (χ3v) is 4.75. The lowest BCUT2D eigenvalue weighted by Crippen LogP contribution is -1.96. The Hall–Kier alpha value is -2.32. The summed E-state index contributed by atoms with van der Waals surface area (Å²) >= 11 is 6.34. The Kier molecular flexibility index (Phi) is 5.95. The molecule has 3 aromatic carbocycles. The van der Waals surface area contributed by atoms with Crippen LogP contribution in [0, 0.1) is 12.7 Å². The number of unbranched alkanes of at least 4 members (excludes halogenated alkanes) is 1. The molecule has 0 atom stereocenters. The van der Waals surface area contributed by atoms with E-state index in [4.69, 9.17) is 16.3 Å². The predicted molar refractivity (Wildman–Crippen MR) is 107 cm³/mol. The summed E-state index contributed by atoms with van der Waals surface area (Å²) in [6.07, 6.45) is 2.11. The van der Waals surface area contributed by atoms with Crippen molar-refractivity contribution in [3.8, 4) is 28.0 Å². The lowest BCUT2D eigenvalue weighted by atomic mass is 9.99. The van der Waals surface area contributed by atoms with Gasteiger partial charge in [0, 0.05) is 11.1 Å². The van der Waals surface area contributed by atoms with Crippen molar-refractivity contribution < 1.29 is 9.13 Å². The molecule has 0 saturated heterocycles. The highest BCUT2D eigenvalue weighted by Crippen LogP contribution is 2.36. The van der Waals surface area contributed by atoms with Gasteiger partial charge in [0.05, 0.1) is 11.6 Å². The average Bonchev–Trinajstić information content (AvgIpc) is 2.66. The van der Waals surface area contributed by atoms with E-state index in [1.807, 2.05) is 61.5 Å². The van der Waals surface area contributed by atoms with Crippen LogP contribution < -0.4 is 4.74 Å². The number of benzene rings is 3. The van der Waals surface area contributed by atoms with E-state index in [9.17, 15) is 4.39 Å². The number of aryl methyl sites for hydroxylation is 1. The molecule has 0 spiro atoms. The van der Waals surface area contributed by atoms with Crippen molar-refractivity contribution in [1.29, 1.82) is 0 Å². The summed E-state index contributed by atoms with van der Waals surface area (Å²) in [5.74, 6) is 0.398. The van der Waals surface area contributed by atoms with Crippen LogP contribution >= 0.6 is 11.6 Å². The van der Waals surface area contributed by atoms with E-state index in [2.05, 4.69) is 6.92 Å². The quantitative estimate of drug-likeness (QED) is 0.415. The van der Waals surface area contributed by atoms with Crippen molar-refractivity contribution in [2.45, 2.75) is 26.7 Å². The first-order chi connectivity index (χ1) is 12.6. The van der Waals surface area contributed by atoms with Crippen LogP contribution in [0.3, 0.4) is 0 Å². The van der Waals surface area contributed by atoms with Crippen molar-refractivity contribution in [2.24, 2.45) is 0 Å². The van der Waals surface area contributed by atoms with E-state index in [0.29, 0.717) is 17.7 Å². The molecule has 1 nitrogen and oxygen atoms in total. The van der Waals surface area contributed by atoms with Gasteiger partial charge >= 0.3 is 0 Å². The second-order valence-corrected chi connectivity index (χ2v) is 6.76. The highest BCUT2D eigenvalue weighted by atomic mass is 35.5. The summed E-state index contributed by atoms with van der Waals surface area (Å²) in [5, 5.41) is 0.148. The number of ether oxygens (including phenoxy) is 1. The lowest BCUT2D eigenvalue weighted by molar-refractivity contribution is 0.309. The van der Waals surface area contributed by atoms with Crippen molar-refractivity contribution in [3.63, 3.8) is 0 Å². The van der Waals surface area contributed by atoms with Gasteiger partial charge in [-0.15, -0.1) is 0 Å². The first-order valence-corrected chi connectivity index (χ1v) is 9.26. The maximum absolute atomic E-state index is 14.9. The molecule has 0 aliphatic carbocycles. The molecule has 0 aliphatic rings. The van der Waals surface area contributed by atoms with E-state index in [0.717, 1.165) is 35.3 Å². The molecule has 0 bridgehead atoms. The Labute approximate surface area is 159 Å². The van der Waals surface area contributed by atoms with Crippen LogP contribution in [0.5, 0.6) is 5.75 Å². The van der Waals surface area contributed by atoms with Gasteiger partial charge in [-0.05, 0) is 36.6 Å². The Bertz CT molecular complexity index is 870. The molecule has 3 heteroatoms. The smallest absolute Gasteiger partial charge is 0.150 e. The number of rotatable bonds is 6. The molecule has 3 aromatic rings. The Morgan fingerprint density at radius 1 is 0.846 bits per heavy atom. The van der Waals surface area contributed by atoms with Crippen molar-refractivity contribution in [2.75, 3.05) is 6.61 Å². The van der Waals surface area contributed by atoms with Crippen LogP contribution in [0.15, 0.2) is 60.7 Å². The molecule has 134 valence electrons. The molecule has 0 N–H and O–H groups in total. The normalized spacial score (nSPS) is 10.8. The van der Waals surface area contributed by atoms with Crippen LogP contribution in [0.2, 0.25) is 5.02 Å². The molecular weight excluding hydrogens is 347 g/mol. The van der Waals surface area contributed by atoms with Gasteiger partial charge in [0.25, 0.3) is 0 Å². The second-order valence-electron chi connectivity index (χ2n) is 6.38. The van der Waals surface area contributed by atoms with Gasteiger partial charge in [0.2, 0.25) is 0 Å². The molecular formula is C23H22ClFO. The first kappa shape index (κ1) is 18.5. The fourth-order valence-corrected chi connectivity index (χ4v) is 3.07. The highest BCUT2D eigenvalue weighted by Gasteiger charge is 2.14. The number of hydrogen-bond acceptors (Lipinski definition) is 1. The zero-order chi connectivity index (χ0) is 18.5. The van der Waals surface area contributed by atoms with Gasteiger partial charge < -0.3 is 4.74 Å². The van der Waals surface area contributed by atoms with Crippen LogP contribution in [-0.2, 0) is 0 Å².